The Kier molecular flexibility index (Phi) is 3.02. The quantitative estimate of drug-likeness (QED) is 0.747. The molecule has 0 saturated heterocycles. The Bertz CT molecular complexity index is 380. The number of hydrogen-bond acceptors (Lipinski definition) is 2. The zero-order valence-electron chi connectivity index (χ0n) is 8.20. The molecule has 0 bridgehead atoms. The molecule has 0 unspecified atom stereocenters. The second-order valence-electron chi connectivity index (χ2n) is 3.17. The van der Waals surface area contributed by atoms with Crippen molar-refractivity contribution in [3.8, 4) is 0 Å². The topological polar surface area (TPSA) is 54.4 Å². The fraction of sp³-hybridized carbons (Fsp3) is 0.273. The summed E-state index contributed by atoms with van der Waals surface area (Å²) in [7, 11) is 0. The van der Waals surface area contributed by atoms with Crippen molar-refractivity contribution in [1.82, 2.24) is 0 Å². The van der Waals surface area contributed by atoms with E-state index >= 15 is 0 Å². The van der Waals surface area contributed by atoms with Gasteiger partial charge in [0, 0.05) is 12.0 Å². The number of ketones is 1. The predicted octanol–water partition coefficient (Wildman–Crippen LogP) is 2.29. The molecule has 0 amide bonds. The summed E-state index contributed by atoms with van der Waals surface area (Å²) in [5, 5.41) is 8.78. The SMILES string of the molecule is CCC(=O)c1cc(C)cc(C(=O)O)c1. The number of hydrogen-bond donors (Lipinski definition) is 1. The molecule has 0 aliphatic heterocycles. The van der Waals surface area contributed by atoms with E-state index in [-0.39, 0.29) is 11.3 Å². The van der Waals surface area contributed by atoms with Gasteiger partial charge < -0.3 is 5.11 Å². The van der Waals surface area contributed by atoms with Gasteiger partial charge in [0.15, 0.2) is 5.78 Å². The van der Waals surface area contributed by atoms with Crippen LogP contribution in [0.25, 0.3) is 0 Å². The standard InChI is InChI=1S/C11H12O3/c1-3-10(12)8-4-7(2)5-9(6-8)11(13)14/h4-6H,3H2,1-2H3,(H,13,14). The Morgan fingerprint density at radius 3 is 2.29 bits per heavy atom. The maximum absolute atomic E-state index is 11.3. The molecule has 1 aromatic carbocycles. The Hall–Kier alpha value is -1.64. The zero-order chi connectivity index (χ0) is 10.7. The summed E-state index contributed by atoms with van der Waals surface area (Å²) in [4.78, 5) is 22.1. The summed E-state index contributed by atoms with van der Waals surface area (Å²) in [5.41, 5.74) is 1.44. The molecule has 0 heterocycles. The average Bonchev–Trinajstić information content (AvgIpc) is 2.15. The number of aryl methyl sites for hydroxylation is 1. The van der Waals surface area contributed by atoms with Crippen LogP contribution < -0.4 is 0 Å². The molecule has 1 aromatic rings. The number of benzene rings is 1. The van der Waals surface area contributed by atoms with Gasteiger partial charge in [-0.25, -0.2) is 4.79 Å². The summed E-state index contributed by atoms with van der Waals surface area (Å²) >= 11 is 0. The number of carbonyl (C=O) groups excluding carboxylic acids is 1. The first-order valence-electron chi connectivity index (χ1n) is 4.42. The van der Waals surface area contributed by atoms with Gasteiger partial charge in [-0.2, -0.15) is 0 Å². The van der Waals surface area contributed by atoms with Crippen LogP contribution in [-0.4, -0.2) is 16.9 Å². The first-order chi connectivity index (χ1) is 6.54. The van der Waals surface area contributed by atoms with Crippen molar-refractivity contribution in [3.63, 3.8) is 0 Å². The smallest absolute Gasteiger partial charge is 0.335 e. The lowest BCUT2D eigenvalue weighted by atomic mass is 10.0. The van der Waals surface area contributed by atoms with Gasteiger partial charge in [-0.15, -0.1) is 0 Å². The number of carboxylic acid groups (broad SMARTS) is 1. The first kappa shape index (κ1) is 10.4. The molecule has 0 radical (unpaired) electrons. The molecule has 0 saturated carbocycles. The highest BCUT2D eigenvalue weighted by Gasteiger charge is 2.09. The van der Waals surface area contributed by atoms with E-state index < -0.39 is 5.97 Å². The van der Waals surface area contributed by atoms with Crippen LogP contribution >= 0.6 is 0 Å². The van der Waals surface area contributed by atoms with E-state index in [4.69, 9.17) is 5.11 Å². The lowest BCUT2D eigenvalue weighted by Crippen LogP contribution is -2.02. The minimum atomic E-state index is -1.00. The summed E-state index contributed by atoms with van der Waals surface area (Å²) in [6.07, 6.45) is 0.391. The van der Waals surface area contributed by atoms with Crippen molar-refractivity contribution >= 4 is 11.8 Å². The Labute approximate surface area is 82.4 Å². The van der Waals surface area contributed by atoms with Crippen LogP contribution in [0.2, 0.25) is 0 Å². The normalized spacial score (nSPS) is 9.86. The summed E-state index contributed by atoms with van der Waals surface area (Å²) in [6.45, 7) is 3.53. The Balaban J connectivity index is 3.20. The van der Waals surface area contributed by atoms with Gasteiger partial charge in [0.2, 0.25) is 0 Å². The number of rotatable bonds is 3. The van der Waals surface area contributed by atoms with Crippen LogP contribution in [0, 0.1) is 6.92 Å². The summed E-state index contributed by atoms with van der Waals surface area (Å²) in [5.74, 6) is -1.03. The molecule has 0 fully saturated rings. The number of aromatic carboxylic acids is 1. The van der Waals surface area contributed by atoms with Crippen LogP contribution in [0.3, 0.4) is 0 Å². The largest absolute Gasteiger partial charge is 0.478 e. The monoisotopic (exact) mass is 192 g/mol. The van der Waals surface area contributed by atoms with E-state index in [9.17, 15) is 9.59 Å². The molecule has 0 aromatic heterocycles. The summed E-state index contributed by atoms with van der Waals surface area (Å²) in [6, 6.07) is 4.67. The van der Waals surface area contributed by atoms with Gasteiger partial charge in [0.25, 0.3) is 0 Å². The molecule has 14 heavy (non-hydrogen) atoms. The third-order valence-electron chi connectivity index (χ3n) is 1.97. The second kappa shape index (κ2) is 4.05. The maximum atomic E-state index is 11.3. The van der Waals surface area contributed by atoms with E-state index in [2.05, 4.69) is 0 Å². The molecule has 0 aliphatic rings. The second-order valence-corrected chi connectivity index (χ2v) is 3.17. The van der Waals surface area contributed by atoms with Gasteiger partial charge in [-0.05, 0) is 30.7 Å². The van der Waals surface area contributed by atoms with Crippen molar-refractivity contribution in [3.05, 3.63) is 34.9 Å². The molecule has 3 heteroatoms. The lowest BCUT2D eigenvalue weighted by molar-refractivity contribution is 0.0697. The molecule has 0 spiro atoms. The predicted molar refractivity (Wildman–Crippen MR) is 52.8 cm³/mol. The van der Waals surface area contributed by atoms with E-state index in [1.807, 2.05) is 0 Å². The molecule has 0 aliphatic carbocycles. The van der Waals surface area contributed by atoms with Crippen molar-refractivity contribution in [2.24, 2.45) is 0 Å². The highest BCUT2D eigenvalue weighted by Crippen LogP contribution is 2.11. The molecular weight excluding hydrogens is 180 g/mol. The van der Waals surface area contributed by atoms with Crippen LogP contribution in [0.5, 0.6) is 0 Å². The molecule has 0 atom stereocenters. The van der Waals surface area contributed by atoms with E-state index in [1.165, 1.54) is 6.07 Å². The summed E-state index contributed by atoms with van der Waals surface area (Å²) < 4.78 is 0. The van der Waals surface area contributed by atoms with Gasteiger partial charge in [0.1, 0.15) is 0 Å². The van der Waals surface area contributed by atoms with Crippen molar-refractivity contribution < 1.29 is 14.7 Å². The van der Waals surface area contributed by atoms with E-state index in [0.29, 0.717) is 12.0 Å². The number of carboxylic acids is 1. The Morgan fingerprint density at radius 2 is 1.79 bits per heavy atom. The number of carbonyl (C=O) groups is 2. The molecular formula is C11H12O3. The molecule has 3 nitrogen and oxygen atoms in total. The first-order valence-corrected chi connectivity index (χ1v) is 4.42. The lowest BCUT2D eigenvalue weighted by Gasteiger charge is -2.02. The third-order valence-corrected chi connectivity index (χ3v) is 1.97. The average molecular weight is 192 g/mol. The molecule has 74 valence electrons. The fourth-order valence-corrected chi connectivity index (χ4v) is 1.27. The van der Waals surface area contributed by atoms with Gasteiger partial charge in [0.05, 0.1) is 5.56 Å². The van der Waals surface area contributed by atoms with E-state index in [1.54, 1.807) is 26.0 Å². The zero-order valence-corrected chi connectivity index (χ0v) is 8.20. The fourth-order valence-electron chi connectivity index (χ4n) is 1.27. The van der Waals surface area contributed by atoms with Crippen molar-refractivity contribution in [2.75, 3.05) is 0 Å². The van der Waals surface area contributed by atoms with E-state index in [0.717, 1.165) is 5.56 Å². The Morgan fingerprint density at radius 1 is 1.21 bits per heavy atom. The van der Waals surface area contributed by atoms with Gasteiger partial charge in [-0.3, -0.25) is 4.79 Å². The van der Waals surface area contributed by atoms with Crippen molar-refractivity contribution in [2.45, 2.75) is 20.3 Å². The molecule has 1 rings (SSSR count). The third kappa shape index (κ3) is 2.19. The van der Waals surface area contributed by atoms with Crippen molar-refractivity contribution in [1.29, 1.82) is 0 Å². The van der Waals surface area contributed by atoms with Crippen LogP contribution in [0.1, 0.15) is 39.6 Å². The highest BCUT2D eigenvalue weighted by molar-refractivity contribution is 5.98. The highest BCUT2D eigenvalue weighted by atomic mass is 16.4. The minimum Gasteiger partial charge on any atom is -0.478 e. The number of Topliss-reactive ketones (excluding diaryl/α,β-unsaturated/α-hetero) is 1. The maximum Gasteiger partial charge on any atom is 0.335 e. The van der Waals surface area contributed by atoms with Crippen LogP contribution in [0.4, 0.5) is 0 Å². The van der Waals surface area contributed by atoms with Crippen LogP contribution in [-0.2, 0) is 0 Å². The minimum absolute atomic E-state index is 0.0313. The van der Waals surface area contributed by atoms with Gasteiger partial charge in [-0.1, -0.05) is 6.92 Å². The van der Waals surface area contributed by atoms with Crippen LogP contribution in [0.15, 0.2) is 18.2 Å². The molecule has 1 N–H and O–H groups in total. The van der Waals surface area contributed by atoms with Gasteiger partial charge >= 0.3 is 5.97 Å².